The highest BCUT2D eigenvalue weighted by Gasteiger charge is 2.32. The van der Waals surface area contributed by atoms with E-state index in [1.54, 1.807) is 0 Å². The van der Waals surface area contributed by atoms with Crippen molar-refractivity contribution in [3.05, 3.63) is 0 Å². The summed E-state index contributed by atoms with van der Waals surface area (Å²) in [6, 6.07) is 0. The van der Waals surface area contributed by atoms with E-state index >= 15 is 0 Å². The van der Waals surface area contributed by atoms with E-state index in [9.17, 15) is 14.4 Å². The molecule has 0 bridgehead atoms. The number of nitrogens with zero attached hydrogens (tertiary/aromatic N) is 1. The smallest absolute Gasteiger partial charge is 0.333 e. The lowest BCUT2D eigenvalue weighted by atomic mass is 10.3. The molecule has 8 nitrogen and oxygen atoms in total. The predicted octanol–water partition coefficient (Wildman–Crippen LogP) is 1.13. The van der Waals surface area contributed by atoms with Crippen LogP contribution < -0.4 is 5.73 Å². The van der Waals surface area contributed by atoms with Crippen LogP contribution in [0.4, 0.5) is 0 Å². The van der Waals surface area contributed by atoms with E-state index in [0.29, 0.717) is 31.2 Å². The van der Waals surface area contributed by atoms with E-state index in [0.717, 1.165) is 6.42 Å². The maximum Gasteiger partial charge on any atom is 0.333 e. The first kappa shape index (κ1) is 21.5. The van der Waals surface area contributed by atoms with Crippen molar-refractivity contribution in [1.29, 1.82) is 0 Å². The van der Waals surface area contributed by atoms with Crippen LogP contribution in [0.5, 0.6) is 0 Å². The van der Waals surface area contributed by atoms with Crippen molar-refractivity contribution in [3.63, 3.8) is 0 Å². The summed E-state index contributed by atoms with van der Waals surface area (Å²) in [6.07, 6.45) is 1.81. The molecule has 0 aliphatic carbocycles. The summed E-state index contributed by atoms with van der Waals surface area (Å²) in [5, 5.41) is 0.567. The molecular formula is C15H28N2O6. The van der Waals surface area contributed by atoms with Gasteiger partial charge in [0.1, 0.15) is 0 Å². The fourth-order valence-electron chi connectivity index (χ4n) is 1.73. The average Bonchev–Trinajstić information content (AvgIpc) is 2.81. The molecule has 0 unspecified atom stereocenters. The fourth-order valence-corrected chi connectivity index (χ4v) is 1.73. The molecule has 1 fully saturated rings. The molecule has 1 heterocycles. The molecule has 8 heteroatoms. The van der Waals surface area contributed by atoms with Crippen LogP contribution in [0.15, 0.2) is 0 Å². The molecule has 0 aromatic heterocycles. The normalized spacial score (nSPS) is 14.0. The highest BCUT2D eigenvalue weighted by molar-refractivity contribution is 6.01. The van der Waals surface area contributed by atoms with Gasteiger partial charge in [-0.05, 0) is 26.8 Å². The molecule has 1 aliphatic rings. The molecule has 0 saturated carbocycles. The van der Waals surface area contributed by atoms with Crippen molar-refractivity contribution in [3.8, 4) is 0 Å². The summed E-state index contributed by atoms with van der Waals surface area (Å²) in [4.78, 5) is 37.4. The molecule has 0 spiro atoms. The van der Waals surface area contributed by atoms with Crippen molar-refractivity contribution in [2.24, 2.45) is 5.73 Å². The van der Waals surface area contributed by atoms with Gasteiger partial charge in [-0.15, -0.1) is 5.06 Å². The number of imide groups is 1. The molecule has 1 aliphatic heterocycles. The number of ether oxygens (including phenoxy) is 2. The number of hydrogen-bond donors (Lipinski definition) is 1. The van der Waals surface area contributed by atoms with E-state index in [-0.39, 0.29) is 25.6 Å². The standard InChI is InChI=1S/C8H11NO4.C7H17NO2/c1-2-3-8(12)13-9-6(10)4-5-7(9)11;1-3-9-7(5-6-8)10-4-2/h2-5H2,1H3;7H,3-6,8H2,1-2H3. The molecule has 23 heavy (non-hydrogen) atoms. The Morgan fingerprint density at radius 2 is 1.65 bits per heavy atom. The third-order valence-corrected chi connectivity index (χ3v) is 2.76. The third-order valence-electron chi connectivity index (χ3n) is 2.76. The lowest BCUT2D eigenvalue weighted by molar-refractivity contribution is -0.197. The highest BCUT2D eigenvalue weighted by Crippen LogP contribution is 2.12. The maximum atomic E-state index is 11.0. The van der Waals surface area contributed by atoms with Gasteiger partial charge in [0.15, 0.2) is 6.29 Å². The maximum absolute atomic E-state index is 11.0. The summed E-state index contributed by atoms with van der Waals surface area (Å²) >= 11 is 0. The number of hydroxylamine groups is 2. The molecule has 0 atom stereocenters. The van der Waals surface area contributed by atoms with Crippen LogP contribution in [0.1, 0.15) is 52.9 Å². The summed E-state index contributed by atoms with van der Waals surface area (Å²) in [7, 11) is 0. The van der Waals surface area contributed by atoms with Crippen LogP contribution >= 0.6 is 0 Å². The Balaban J connectivity index is 0.000000438. The van der Waals surface area contributed by atoms with Crippen molar-refractivity contribution >= 4 is 17.8 Å². The topological polar surface area (TPSA) is 108 Å². The van der Waals surface area contributed by atoms with Crippen molar-refractivity contribution in [2.75, 3.05) is 19.8 Å². The second-order valence-electron chi connectivity index (χ2n) is 4.71. The molecule has 2 amide bonds. The van der Waals surface area contributed by atoms with Crippen LogP contribution in [0.25, 0.3) is 0 Å². The average molecular weight is 332 g/mol. The molecule has 134 valence electrons. The summed E-state index contributed by atoms with van der Waals surface area (Å²) < 4.78 is 10.4. The van der Waals surface area contributed by atoms with Gasteiger partial charge in [-0.1, -0.05) is 6.92 Å². The van der Waals surface area contributed by atoms with Crippen molar-refractivity contribution in [2.45, 2.75) is 59.2 Å². The zero-order chi connectivity index (χ0) is 17.7. The molecule has 1 rings (SSSR count). The molecule has 0 radical (unpaired) electrons. The first-order valence-electron chi connectivity index (χ1n) is 7.99. The first-order valence-corrected chi connectivity index (χ1v) is 7.99. The minimum atomic E-state index is -0.536. The Morgan fingerprint density at radius 3 is 2.04 bits per heavy atom. The van der Waals surface area contributed by atoms with E-state index in [2.05, 4.69) is 4.84 Å². The third kappa shape index (κ3) is 9.27. The van der Waals surface area contributed by atoms with Crippen LogP contribution in [-0.2, 0) is 28.7 Å². The Labute approximate surface area is 137 Å². The van der Waals surface area contributed by atoms with Crippen molar-refractivity contribution in [1.82, 2.24) is 5.06 Å². The van der Waals surface area contributed by atoms with E-state index in [4.69, 9.17) is 15.2 Å². The molecule has 2 N–H and O–H groups in total. The molecule has 0 aromatic rings. The zero-order valence-electron chi connectivity index (χ0n) is 14.2. The highest BCUT2D eigenvalue weighted by atomic mass is 16.7. The van der Waals surface area contributed by atoms with E-state index in [1.165, 1.54) is 0 Å². The van der Waals surface area contributed by atoms with Gasteiger partial charge < -0.3 is 20.0 Å². The SMILES string of the molecule is CCCC(=O)ON1C(=O)CCC1=O.CCOC(CCN)OCC. The van der Waals surface area contributed by atoms with E-state index in [1.807, 2.05) is 20.8 Å². The van der Waals surface area contributed by atoms with Gasteiger partial charge in [0.05, 0.1) is 0 Å². The summed E-state index contributed by atoms with van der Waals surface area (Å²) in [6.45, 7) is 7.69. The largest absolute Gasteiger partial charge is 0.353 e. The predicted molar refractivity (Wildman–Crippen MR) is 82.8 cm³/mol. The minimum Gasteiger partial charge on any atom is -0.353 e. The molecular weight excluding hydrogens is 304 g/mol. The van der Waals surface area contributed by atoms with Crippen LogP contribution in [0, 0.1) is 0 Å². The Kier molecular flexibility index (Phi) is 12.1. The second-order valence-corrected chi connectivity index (χ2v) is 4.71. The molecule has 1 saturated heterocycles. The number of amides is 2. The van der Waals surface area contributed by atoms with Gasteiger partial charge in [0.2, 0.25) is 0 Å². The summed E-state index contributed by atoms with van der Waals surface area (Å²) in [5.74, 6) is -1.41. The number of nitrogens with two attached hydrogens (primary N) is 1. The van der Waals surface area contributed by atoms with Crippen LogP contribution in [0.2, 0.25) is 0 Å². The Morgan fingerprint density at radius 1 is 1.13 bits per heavy atom. The van der Waals surface area contributed by atoms with E-state index < -0.39 is 17.8 Å². The van der Waals surface area contributed by atoms with Crippen molar-refractivity contribution < 1.29 is 28.7 Å². The Bertz CT molecular complexity index is 345. The van der Waals surface area contributed by atoms with Gasteiger partial charge in [0, 0.05) is 38.9 Å². The van der Waals surface area contributed by atoms with Crippen LogP contribution in [-0.4, -0.2) is 48.9 Å². The van der Waals surface area contributed by atoms with Gasteiger partial charge in [-0.25, -0.2) is 4.79 Å². The number of rotatable bonds is 9. The first-order chi connectivity index (χ1) is 11.0. The molecule has 0 aromatic carbocycles. The van der Waals surface area contributed by atoms with Gasteiger partial charge >= 0.3 is 5.97 Å². The number of carbonyl (C=O) groups is 3. The number of hydrogen-bond acceptors (Lipinski definition) is 7. The van der Waals surface area contributed by atoms with Crippen LogP contribution in [0.3, 0.4) is 0 Å². The monoisotopic (exact) mass is 332 g/mol. The zero-order valence-corrected chi connectivity index (χ0v) is 14.2. The van der Waals surface area contributed by atoms with Gasteiger partial charge in [-0.2, -0.15) is 0 Å². The number of carbonyl (C=O) groups excluding carboxylic acids is 3. The minimum absolute atomic E-state index is 0.0972. The second kappa shape index (κ2) is 13.0. The quantitative estimate of drug-likeness (QED) is 0.498. The lowest BCUT2D eigenvalue weighted by Gasteiger charge is -2.15. The Hall–Kier alpha value is -1.51. The van der Waals surface area contributed by atoms with Gasteiger partial charge in [0.25, 0.3) is 11.8 Å². The van der Waals surface area contributed by atoms with Gasteiger partial charge in [-0.3, -0.25) is 9.59 Å². The lowest BCUT2D eigenvalue weighted by Crippen LogP contribution is -2.31. The summed E-state index contributed by atoms with van der Waals surface area (Å²) in [5.41, 5.74) is 5.33. The fraction of sp³-hybridized carbons (Fsp3) is 0.800.